The van der Waals surface area contributed by atoms with Gasteiger partial charge in [-0.2, -0.15) is 0 Å². The van der Waals surface area contributed by atoms with Gasteiger partial charge in [0.2, 0.25) is 11.7 Å². The van der Waals surface area contributed by atoms with Crippen LogP contribution in [0.1, 0.15) is 6.42 Å². The SMILES string of the molecule is NC(=O)CC(=O)C(N)=O. The van der Waals surface area contributed by atoms with E-state index in [2.05, 4.69) is 11.5 Å². The number of carbonyl (C=O) groups excluding carboxylic acids is 3. The monoisotopic (exact) mass is 130 g/mol. The van der Waals surface area contributed by atoms with Gasteiger partial charge in [-0.05, 0) is 0 Å². The summed E-state index contributed by atoms with van der Waals surface area (Å²) in [6.45, 7) is 0. The lowest BCUT2D eigenvalue weighted by Crippen LogP contribution is -2.27. The Hall–Kier alpha value is -1.39. The molecule has 0 aliphatic carbocycles. The minimum atomic E-state index is -1.13. The van der Waals surface area contributed by atoms with Gasteiger partial charge >= 0.3 is 0 Å². The Labute approximate surface area is 51.0 Å². The van der Waals surface area contributed by atoms with Crippen LogP contribution in [0.25, 0.3) is 0 Å². The lowest BCUT2D eigenvalue weighted by Gasteiger charge is -1.87. The fraction of sp³-hybridized carbons (Fsp3) is 0.250. The molecule has 0 spiro atoms. The van der Waals surface area contributed by atoms with Crippen LogP contribution in [0.5, 0.6) is 0 Å². The largest absolute Gasteiger partial charge is 0.369 e. The van der Waals surface area contributed by atoms with Crippen LogP contribution < -0.4 is 11.5 Å². The second kappa shape index (κ2) is 2.81. The Balaban J connectivity index is 3.79. The van der Waals surface area contributed by atoms with Crippen LogP contribution in [-0.2, 0) is 14.4 Å². The molecule has 0 aliphatic heterocycles. The highest BCUT2D eigenvalue weighted by Gasteiger charge is 2.10. The number of hydrogen-bond acceptors (Lipinski definition) is 3. The summed E-state index contributed by atoms with van der Waals surface area (Å²) < 4.78 is 0. The zero-order chi connectivity index (χ0) is 7.44. The first-order valence-electron chi connectivity index (χ1n) is 2.15. The van der Waals surface area contributed by atoms with Crippen molar-refractivity contribution in [2.75, 3.05) is 0 Å². The number of ketones is 1. The van der Waals surface area contributed by atoms with Crippen molar-refractivity contribution in [2.45, 2.75) is 6.42 Å². The molecule has 2 amide bonds. The van der Waals surface area contributed by atoms with Gasteiger partial charge in [-0.25, -0.2) is 0 Å². The van der Waals surface area contributed by atoms with Crippen LogP contribution in [0.2, 0.25) is 0 Å². The van der Waals surface area contributed by atoms with Crippen molar-refractivity contribution in [2.24, 2.45) is 11.5 Å². The first kappa shape index (κ1) is 7.61. The molecule has 0 aromatic heterocycles. The normalized spacial score (nSPS) is 8.44. The molecule has 4 N–H and O–H groups in total. The van der Waals surface area contributed by atoms with Crippen molar-refractivity contribution in [3.63, 3.8) is 0 Å². The van der Waals surface area contributed by atoms with E-state index in [9.17, 15) is 14.4 Å². The van der Waals surface area contributed by atoms with Crippen molar-refractivity contribution in [3.05, 3.63) is 0 Å². The molecule has 0 unspecified atom stereocenters. The van der Waals surface area contributed by atoms with Crippen LogP contribution in [0.4, 0.5) is 0 Å². The Morgan fingerprint density at radius 3 is 1.67 bits per heavy atom. The average Bonchev–Trinajstić information content (AvgIpc) is 1.63. The van der Waals surface area contributed by atoms with E-state index >= 15 is 0 Å². The fourth-order valence-corrected chi connectivity index (χ4v) is 0.245. The molecule has 0 bridgehead atoms. The van der Waals surface area contributed by atoms with Crippen molar-refractivity contribution in [1.29, 1.82) is 0 Å². The zero-order valence-corrected chi connectivity index (χ0v) is 4.59. The summed E-state index contributed by atoms with van der Waals surface area (Å²) in [5.41, 5.74) is 9.05. The molecule has 0 aromatic rings. The van der Waals surface area contributed by atoms with Crippen molar-refractivity contribution in [1.82, 2.24) is 0 Å². The van der Waals surface area contributed by atoms with Gasteiger partial charge in [0.25, 0.3) is 5.91 Å². The van der Waals surface area contributed by atoms with Gasteiger partial charge in [0, 0.05) is 0 Å². The number of hydrogen-bond donors (Lipinski definition) is 2. The Kier molecular flexibility index (Phi) is 2.37. The molecule has 50 valence electrons. The summed E-state index contributed by atoms with van der Waals surface area (Å²) >= 11 is 0. The van der Waals surface area contributed by atoms with E-state index in [0.29, 0.717) is 0 Å². The van der Waals surface area contributed by atoms with Crippen molar-refractivity contribution in [3.8, 4) is 0 Å². The van der Waals surface area contributed by atoms with Gasteiger partial charge < -0.3 is 11.5 Å². The van der Waals surface area contributed by atoms with Gasteiger partial charge in [-0.15, -0.1) is 0 Å². The van der Waals surface area contributed by atoms with E-state index in [4.69, 9.17) is 0 Å². The van der Waals surface area contributed by atoms with Crippen LogP contribution in [0.15, 0.2) is 0 Å². The first-order valence-corrected chi connectivity index (χ1v) is 2.15. The van der Waals surface area contributed by atoms with Gasteiger partial charge in [0.1, 0.15) is 0 Å². The third kappa shape index (κ3) is 3.22. The molecule has 0 fully saturated rings. The standard InChI is InChI=1S/C4H6N2O3/c5-3(8)1-2(7)4(6)9/h1H2,(H2,5,8)(H2,6,9). The Morgan fingerprint density at radius 1 is 1.11 bits per heavy atom. The summed E-state index contributed by atoms with van der Waals surface area (Å²) in [7, 11) is 0. The van der Waals surface area contributed by atoms with E-state index in [1.165, 1.54) is 0 Å². The third-order valence-electron chi connectivity index (χ3n) is 0.610. The molecule has 0 rings (SSSR count). The lowest BCUT2D eigenvalue weighted by atomic mass is 10.3. The number of carbonyl (C=O) groups is 3. The van der Waals surface area contributed by atoms with Gasteiger partial charge in [0.15, 0.2) is 0 Å². The van der Waals surface area contributed by atoms with Gasteiger partial charge in [0.05, 0.1) is 6.42 Å². The molecule has 0 saturated carbocycles. The molecule has 5 nitrogen and oxygen atoms in total. The summed E-state index contributed by atoms with van der Waals surface area (Å²) in [4.78, 5) is 30.0. The van der Waals surface area contributed by atoms with Crippen LogP contribution in [-0.4, -0.2) is 17.6 Å². The molecule has 9 heavy (non-hydrogen) atoms. The van der Waals surface area contributed by atoms with E-state index in [1.807, 2.05) is 0 Å². The second-order valence-electron chi connectivity index (χ2n) is 1.43. The molecular weight excluding hydrogens is 124 g/mol. The molecule has 0 aliphatic rings. The molecular formula is C4H6N2O3. The number of rotatable bonds is 3. The highest BCUT2D eigenvalue weighted by molar-refractivity contribution is 6.38. The molecule has 0 radical (unpaired) electrons. The maximum Gasteiger partial charge on any atom is 0.285 e. The molecule has 0 aromatic carbocycles. The average molecular weight is 130 g/mol. The highest BCUT2D eigenvalue weighted by Crippen LogP contribution is 1.77. The van der Waals surface area contributed by atoms with E-state index < -0.39 is 24.0 Å². The summed E-state index contributed by atoms with van der Waals surface area (Å²) in [6, 6.07) is 0. The van der Waals surface area contributed by atoms with Crippen molar-refractivity contribution < 1.29 is 14.4 Å². The van der Waals surface area contributed by atoms with Crippen LogP contribution in [0, 0.1) is 0 Å². The van der Waals surface area contributed by atoms with Crippen molar-refractivity contribution >= 4 is 17.6 Å². The minimum Gasteiger partial charge on any atom is -0.369 e. The Morgan fingerprint density at radius 2 is 1.56 bits per heavy atom. The highest BCUT2D eigenvalue weighted by atomic mass is 16.2. The van der Waals surface area contributed by atoms with E-state index in [0.717, 1.165) is 0 Å². The summed E-state index contributed by atoms with van der Waals surface area (Å²) in [5, 5.41) is 0. The maximum absolute atomic E-state index is 10.2. The molecule has 0 atom stereocenters. The Bertz CT molecular complexity index is 163. The zero-order valence-electron chi connectivity index (χ0n) is 4.59. The summed E-state index contributed by atoms with van der Waals surface area (Å²) in [5.74, 6) is -2.94. The number of nitrogens with two attached hydrogens (primary N) is 2. The van der Waals surface area contributed by atoms with Crippen LogP contribution in [0.3, 0.4) is 0 Å². The smallest absolute Gasteiger partial charge is 0.285 e. The molecule has 0 heterocycles. The topological polar surface area (TPSA) is 103 Å². The maximum atomic E-state index is 10.2. The fourth-order valence-electron chi connectivity index (χ4n) is 0.245. The number of amides is 2. The number of primary amides is 2. The van der Waals surface area contributed by atoms with Gasteiger partial charge in [-0.1, -0.05) is 0 Å². The van der Waals surface area contributed by atoms with Crippen LogP contribution >= 0.6 is 0 Å². The molecule has 0 saturated heterocycles. The minimum absolute atomic E-state index is 0.602. The predicted molar refractivity (Wildman–Crippen MR) is 28.0 cm³/mol. The third-order valence-corrected chi connectivity index (χ3v) is 0.610. The van der Waals surface area contributed by atoms with E-state index in [-0.39, 0.29) is 0 Å². The molecule has 5 heteroatoms. The summed E-state index contributed by atoms with van der Waals surface area (Å²) in [6.07, 6.45) is -0.602. The first-order chi connectivity index (χ1) is 4.04. The quantitative estimate of drug-likeness (QED) is 0.338. The number of Topliss-reactive ketones (excluding diaryl/α,β-unsaturated/α-hetero) is 1. The van der Waals surface area contributed by atoms with E-state index in [1.54, 1.807) is 0 Å². The van der Waals surface area contributed by atoms with Gasteiger partial charge in [-0.3, -0.25) is 14.4 Å². The predicted octanol–water partition coefficient (Wildman–Crippen LogP) is -2.08. The second-order valence-corrected chi connectivity index (χ2v) is 1.43. The lowest BCUT2D eigenvalue weighted by molar-refractivity contribution is -0.138.